The van der Waals surface area contributed by atoms with Crippen LogP contribution in [0.25, 0.3) is 0 Å². The highest BCUT2D eigenvalue weighted by atomic mass is 79.9. The molecule has 18 nitrogen and oxygen atoms in total. The molecular formula is C27H50BrO18P3. The fourth-order valence-electron chi connectivity index (χ4n) is 2.20. The van der Waals surface area contributed by atoms with Gasteiger partial charge in [0.1, 0.15) is 5.52 Å². The van der Waals surface area contributed by atoms with Crippen LogP contribution < -0.4 is 0 Å². The molecule has 0 aliphatic carbocycles. The van der Waals surface area contributed by atoms with E-state index in [2.05, 4.69) is 34.7 Å². The Bertz CT molecular complexity index is 1160. The lowest BCUT2D eigenvalue weighted by Crippen LogP contribution is -2.11. The average molecular weight is 836 g/mol. The first-order valence-corrected chi connectivity index (χ1v) is 21.0. The monoisotopic (exact) mass is 834 g/mol. The molecule has 49 heavy (non-hydrogen) atoms. The molecule has 0 aliphatic rings. The summed E-state index contributed by atoms with van der Waals surface area (Å²) in [6.45, 7) is 18.0. The van der Waals surface area contributed by atoms with Gasteiger partial charge in [-0.05, 0) is 89.5 Å². The van der Waals surface area contributed by atoms with Gasteiger partial charge in [0.25, 0.3) is 0 Å². The van der Waals surface area contributed by atoms with E-state index < -0.39 is 46.7 Å². The molecular weight excluding hydrogens is 785 g/mol. The quantitative estimate of drug-likeness (QED) is 0.0418. The predicted molar refractivity (Wildman–Crippen MR) is 182 cm³/mol. The molecule has 288 valence electrons. The average Bonchev–Trinajstić information content (AvgIpc) is 2.98. The lowest BCUT2D eigenvalue weighted by atomic mass is 10.5. The number of carbonyl (C=O) groups excluding carboxylic acids is 4. The van der Waals surface area contributed by atoms with Crippen LogP contribution in [0.5, 0.6) is 0 Å². The second kappa shape index (κ2) is 30.3. The fourth-order valence-corrected chi connectivity index (χ4v) is 4.84. The van der Waals surface area contributed by atoms with Crippen LogP contribution in [0, 0.1) is 0 Å². The maximum atomic E-state index is 12.0. The Morgan fingerprint density at radius 1 is 0.592 bits per heavy atom. The van der Waals surface area contributed by atoms with Crippen LogP contribution in [0.3, 0.4) is 0 Å². The van der Waals surface area contributed by atoms with Gasteiger partial charge >= 0.3 is 39.5 Å². The lowest BCUT2D eigenvalue weighted by Gasteiger charge is -2.17. The van der Waals surface area contributed by atoms with E-state index >= 15 is 0 Å². The molecule has 0 heterocycles. The minimum atomic E-state index is -4.69. The molecule has 2 N–H and O–H groups in total. The van der Waals surface area contributed by atoms with Gasteiger partial charge in [0.2, 0.25) is 24.6 Å². The third-order valence-electron chi connectivity index (χ3n) is 3.79. The van der Waals surface area contributed by atoms with Gasteiger partial charge in [0.15, 0.2) is 0 Å². The number of ether oxygens (including phenoxy) is 4. The molecule has 0 aliphatic heterocycles. The second-order valence-electron chi connectivity index (χ2n) is 8.16. The van der Waals surface area contributed by atoms with E-state index in [1.54, 1.807) is 48.5 Å². The highest BCUT2D eigenvalue weighted by Gasteiger charge is 2.31. The summed E-state index contributed by atoms with van der Waals surface area (Å²) >= 11 is 2.91. The number of alkyl halides is 1. The van der Waals surface area contributed by atoms with Gasteiger partial charge in [-0.1, -0.05) is 0 Å². The Hall–Kier alpha value is -2.49. The van der Waals surface area contributed by atoms with Crippen LogP contribution in [0.15, 0.2) is 35.5 Å². The molecule has 0 atom stereocenters. The Morgan fingerprint density at radius 2 is 0.918 bits per heavy atom. The van der Waals surface area contributed by atoms with Crippen molar-refractivity contribution < 1.29 is 84.2 Å². The first kappa shape index (κ1) is 53.3. The Kier molecular flexibility index (Phi) is 33.0. The van der Waals surface area contributed by atoms with E-state index in [0.29, 0.717) is 5.52 Å². The van der Waals surface area contributed by atoms with Gasteiger partial charge in [-0.15, -0.1) is 0 Å². The molecule has 0 aromatic rings. The van der Waals surface area contributed by atoms with Crippen LogP contribution in [0.2, 0.25) is 0 Å². The van der Waals surface area contributed by atoms with E-state index in [1.165, 1.54) is 39.3 Å². The van der Waals surface area contributed by atoms with Gasteiger partial charge in [0.05, 0.1) is 33.0 Å². The molecule has 0 rings (SSSR count). The minimum Gasteiger partial charge on any atom is -0.460 e. The summed E-state index contributed by atoms with van der Waals surface area (Å²) in [6, 6.07) is 0. The number of phosphoric acid groups is 2. The van der Waals surface area contributed by atoms with E-state index in [-0.39, 0.29) is 50.5 Å². The van der Waals surface area contributed by atoms with Gasteiger partial charge in [0, 0.05) is 20.3 Å². The molecule has 0 bridgehead atoms. The van der Waals surface area contributed by atoms with Crippen LogP contribution in [-0.2, 0) is 74.4 Å². The number of halogens is 1. The van der Waals surface area contributed by atoms with Crippen molar-refractivity contribution in [1.29, 1.82) is 0 Å². The smallest absolute Gasteiger partial charge is 0.460 e. The van der Waals surface area contributed by atoms with Crippen LogP contribution in [0.4, 0.5) is 0 Å². The van der Waals surface area contributed by atoms with Gasteiger partial charge in [-0.25, -0.2) is 23.5 Å². The summed E-state index contributed by atoms with van der Waals surface area (Å²) in [6.07, 6.45) is 3.91. The molecule has 22 heteroatoms. The summed E-state index contributed by atoms with van der Waals surface area (Å²) in [7, 11) is -11.1. The number of carbonyl (C=O) groups is 4. The Labute approximate surface area is 296 Å². The van der Waals surface area contributed by atoms with Crippen LogP contribution >= 0.6 is 38.9 Å². The predicted octanol–water partition coefficient (Wildman–Crippen LogP) is 6.12. The Morgan fingerprint density at radius 3 is 1.12 bits per heavy atom. The fraction of sp³-hybridized carbons (Fsp3) is 0.630. The molecule has 0 saturated heterocycles. The van der Waals surface area contributed by atoms with Crippen LogP contribution in [-0.4, -0.2) is 85.5 Å². The Balaban J connectivity index is -0.000000289. The van der Waals surface area contributed by atoms with E-state index in [1.807, 2.05) is 0 Å². The zero-order valence-electron chi connectivity index (χ0n) is 29.6. The number of hydrogen-bond donors (Lipinski definition) is 2. The topological polar surface area (TPSA) is 243 Å². The molecule has 0 amide bonds. The molecule has 0 unspecified atom stereocenters. The largest absolute Gasteiger partial charge is 0.530 e. The number of hydrogen-bond acceptors (Lipinski definition) is 16. The molecule has 0 radical (unpaired) electrons. The van der Waals surface area contributed by atoms with Gasteiger partial charge in [-0.3, -0.25) is 28.2 Å². The van der Waals surface area contributed by atoms with Crippen LogP contribution in [0.1, 0.15) is 62.3 Å². The van der Waals surface area contributed by atoms with Crippen molar-refractivity contribution in [1.82, 2.24) is 0 Å². The van der Waals surface area contributed by atoms with Gasteiger partial charge < -0.3 is 32.5 Å². The minimum absolute atomic E-state index is 0.00943. The van der Waals surface area contributed by atoms with Crippen molar-refractivity contribution in [2.24, 2.45) is 0 Å². The summed E-state index contributed by atoms with van der Waals surface area (Å²) in [5.74, 6) is -3.09. The summed E-state index contributed by atoms with van der Waals surface area (Å²) < 4.78 is 75.5. The van der Waals surface area contributed by atoms with E-state index in [4.69, 9.17) is 32.6 Å². The molecule has 0 aromatic heterocycles. The van der Waals surface area contributed by atoms with Crippen molar-refractivity contribution >= 4 is 62.8 Å². The van der Waals surface area contributed by atoms with E-state index in [9.17, 15) is 32.9 Å². The van der Waals surface area contributed by atoms with Crippen molar-refractivity contribution in [3.63, 3.8) is 0 Å². The third kappa shape index (κ3) is 33.8. The molecule has 0 fully saturated rings. The maximum Gasteiger partial charge on any atom is 0.530 e. The molecule has 0 aromatic carbocycles. The third-order valence-corrected chi connectivity index (χ3v) is 6.66. The SMILES string of the molecule is CC(=O)OCBr.CC=C(OP(=O)(O)O)C(=O)OCC.CC=C(OP(=O)(OCC)OCC)C(=O)OCC.CC=C(OP(C)(C)=O)C(=O)OCC. The first-order valence-electron chi connectivity index (χ1n) is 14.4. The van der Waals surface area contributed by atoms with Crippen molar-refractivity contribution in [2.45, 2.75) is 62.3 Å². The van der Waals surface area contributed by atoms with E-state index in [0.717, 1.165) is 6.08 Å². The summed E-state index contributed by atoms with van der Waals surface area (Å²) in [5, 5.41) is 0. The van der Waals surface area contributed by atoms with Crippen molar-refractivity contribution in [3.05, 3.63) is 35.5 Å². The number of phosphoric ester groups is 2. The number of rotatable bonds is 17. The lowest BCUT2D eigenvalue weighted by molar-refractivity contribution is -0.142. The number of allylic oxidation sites excluding steroid dienone is 3. The highest BCUT2D eigenvalue weighted by molar-refractivity contribution is 9.09. The first-order chi connectivity index (χ1) is 22.6. The zero-order chi connectivity index (χ0) is 39.3. The second-order valence-corrected chi connectivity index (χ2v) is 14.1. The summed E-state index contributed by atoms with van der Waals surface area (Å²) in [5.41, 5.74) is 0.294. The molecule has 0 saturated carbocycles. The highest BCUT2D eigenvalue weighted by Crippen LogP contribution is 2.51. The molecule has 0 spiro atoms. The van der Waals surface area contributed by atoms with Crippen molar-refractivity contribution in [2.75, 3.05) is 51.9 Å². The van der Waals surface area contributed by atoms with Crippen molar-refractivity contribution in [3.8, 4) is 0 Å². The normalized spacial score (nSPS) is 11.8. The summed E-state index contributed by atoms with van der Waals surface area (Å²) in [4.78, 5) is 60.0. The zero-order valence-corrected chi connectivity index (χ0v) is 33.9. The maximum absolute atomic E-state index is 12.0. The van der Waals surface area contributed by atoms with Gasteiger partial charge in [-0.2, -0.15) is 0 Å². The standard InChI is InChI=1S/C10H19O6P.C8H15O4P.C6H11O6P.C3H5BrO2/c1-5-9(10(11)13-6-2)16-17(12,14-7-3)15-8-4;1-5-7(8(9)11-6-2)12-13(3,4)10;1-3-5(6(7)11-4-2)12-13(8,9)10;1-3(5)6-2-4/h5H,6-8H2,1-4H3;5H,6H2,1-4H3;3H,4H2,1-2H3,(H2,8,9,10);2H2,1H3. The number of esters is 4.